The number of rotatable bonds is 9. The molecule has 2 N–H and O–H groups in total. The Labute approximate surface area is 195 Å². The SMILES string of the molecule is O=C(Cn1c(CCCC(F)(F)F)nc(-c2ccc(C(F)(F)F)cc2)cc1=O)NCC1(CO)COC1. The second-order valence-corrected chi connectivity index (χ2v) is 8.45. The summed E-state index contributed by atoms with van der Waals surface area (Å²) in [6.07, 6.45) is -10.8. The number of amides is 1. The van der Waals surface area contributed by atoms with Crippen LogP contribution in [0.15, 0.2) is 35.1 Å². The van der Waals surface area contributed by atoms with Crippen LogP contribution < -0.4 is 10.9 Å². The number of nitrogens with one attached hydrogen (secondary N) is 1. The van der Waals surface area contributed by atoms with Gasteiger partial charge in [0.2, 0.25) is 5.91 Å². The van der Waals surface area contributed by atoms with E-state index in [4.69, 9.17) is 4.74 Å². The van der Waals surface area contributed by atoms with Crippen LogP contribution in [0.25, 0.3) is 11.3 Å². The van der Waals surface area contributed by atoms with Crippen molar-refractivity contribution in [3.63, 3.8) is 0 Å². The molecule has 0 atom stereocenters. The number of benzene rings is 1. The summed E-state index contributed by atoms with van der Waals surface area (Å²) >= 11 is 0. The van der Waals surface area contributed by atoms with Crippen LogP contribution >= 0.6 is 0 Å². The number of aliphatic hydroxyl groups is 1. The average Bonchev–Trinajstić information content (AvgIpc) is 2.74. The van der Waals surface area contributed by atoms with Gasteiger partial charge in [-0.1, -0.05) is 12.1 Å². The quantitative estimate of drug-likeness (QED) is 0.510. The highest BCUT2D eigenvalue weighted by Crippen LogP contribution is 2.31. The lowest BCUT2D eigenvalue weighted by Crippen LogP contribution is -2.53. The summed E-state index contributed by atoms with van der Waals surface area (Å²) in [4.78, 5) is 29.4. The fourth-order valence-electron chi connectivity index (χ4n) is 3.46. The van der Waals surface area contributed by atoms with Gasteiger partial charge >= 0.3 is 12.4 Å². The summed E-state index contributed by atoms with van der Waals surface area (Å²) in [6, 6.07) is 4.84. The second-order valence-electron chi connectivity index (χ2n) is 8.45. The number of halogens is 6. The number of hydrogen-bond acceptors (Lipinski definition) is 5. The van der Waals surface area contributed by atoms with E-state index in [0.29, 0.717) is 0 Å². The number of aryl methyl sites for hydroxylation is 1. The van der Waals surface area contributed by atoms with Crippen LogP contribution in [0.2, 0.25) is 0 Å². The molecule has 1 aliphatic heterocycles. The van der Waals surface area contributed by atoms with Crippen LogP contribution in [0.3, 0.4) is 0 Å². The van der Waals surface area contributed by atoms with Gasteiger partial charge in [0.05, 0.1) is 36.5 Å². The van der Waals surface area contributed by atoms with Crippen molar-refractivity contribution in [3.05, 3.63) is 52.1 Å². The number of carbonyl (C=O) groups is 1. The van der Waals surface area contributed by atoms with E-state index < -0.39 is 54.2 Å². The smallest absolute Gasteiger partial charge is 0.396 e. The van der Waals surface area contributed by atoms with Crippen LogP contribution in [0.1, 0.15) is 24.2 Å². The lowest BCUT2D eigenvalue weighted by molar-refractivity contribution is -0.141. The number of hydrogen-bond donors (Lipinski definition) is 2. The first-order chi connectivity index (χ1) is 16.3. The number of aromatic nitrogens is 2. The first kappa shape index (κ1) is 26.7. The minimum Gasteiger partial charge on any atom is -0.396 e. The molecule has 3 rings (SSSR count). The zero-order valence-corrected chi connectivity index (χ0v) is 18.4. The van der Waals surface area contributed by atoms with E-state index in [1.54, 1.807) is 0 Å². The fraction of sp³-hybridized carbons (Fsp3) is 0.500. The van der Waals surface area contributed by atoms with Gasteiger partial charge in [-0.05, 0) is 18.6 Å². The number of nitrogens with zero attached hydrogens (tertiary/aromatic N) is 2. The molecule has 0 saturated carbocycles. The monoisotopic (exact) mass is 507 g/mol. The molecular formula is C22H23F6N3O4. The normalized spacial score (nSPS) is 15.5. The Morgan fingerprint density at radius 2 is 1.80 bits per heavy atom. The van der Waals surface area contributed by atoms with E-state index in [1.165, 1.54) is 0 Å². The van der Waals surface area contributed by atoms with E-state index in [-0.39, 0.29) is 49.9 Å². The van der Waals surface area contributed by atoms with Crippen LogP contribution in [0.5, 0.6) is 0 Å². The standard InChI is InChI=1S/C22H23F6N3O4/c23-21(24,25)7-1-2-17-30-16(14-3-5-15(6-4-14)22(26,27)28)8-19(34)31(17)9-18(33)29-10-20(11-32)12-35-13-20/h3-6,8,32H,1-2,7,9-13H2,(H,29,33). The predicted octanol–water partition coefficient (Wildman–Crippen LogP) is 2.94. The molecule has 1 fully saturated rings. The number of carbonyl (C=O) groups excluding carboxylic acids is 1. The number of alkyl halides is 6. The minimum absolute atomic E-state index is 0.0201. The lowest BCUT2D eigenvalue weighted by Gasteiger charge is -2.39. The highest BCUT2D eigenvalue weighted by Gasteiger charge is 2.38. The van der Waals surface area contributed by atoms with Gasteiger partial charge in [-0.25, -0.2) is 4.98 Å². The molecule has 0 unspecified atom stereocenters. The molecule has 35 heavy (non-hydrogen) atoms. The van der Waals surface area contributed by atoms with E-state index in [2.05, 4.69) is 10.3 Å². The highest BCUT2D eigenvalue weighted by molar-refractivity contribution is 5.76. The summed E-state index contributed by atoms with van der Waals surface area (Å²) in [5, 5.41) is 12.0. The molecule has 1 aromatic carbocycles. The summed E-state index contributed by atoms with van der Waals surface area (Å²) in [7, 11) is 0. The number of ether oxygens (including phenoxy) is 1. The first-order valence-corrected chi connectivity index (χ1v) is 10.6. The summed E-state index contributed by atoms with van der Waals surface area (Å²) < 4.78 is 82.4. The first-order valence-electron chi connectivity index (χ1n) is 10.6. The maximum atomic E-state index is 12.8. The topological polar surface area (TPSA) is 93.5 Å². The van der Waals surface area contributed by atoms with Gasteiger partial charge in [-0.2, -0.15) is 26.3 Å². The molecule has 1 aliphatic rings. The highest BCUT2D eigenvalue weighted by atomic mass is 19.4. The van der Waals surface area contributed by atoms with Gasteiger partial charge in [0.25, 0.3) is 5.56 Å². The van der Waals surface area contributed by atoms with Gasteiger partial charge in [-0.15, -0.1) is 0 Å². The Bertz CT molecular complexity index is 1090. The molecule has 2 heterocycles. The fourth-order valence-corrected chi connectivity index (χ4v) is 3.46. The van der Waals surface area contributed by atoms with Crippen molar-refractivity contribution >= 4 is 5.91 Å². The second kappa shape index (κ2) is 10.4. The van der Waals surface area contributed by atoms with Crippen molar-refractivity contribution in [2.45, 2.75) is 38.2 Å². The Hall–Kier alpha value is -2.93. The Morgan fingerprint density at radius 1 is 1.14 bits per heavy atom. The predicted molar refractivity (Wildman–Crippen MR) is 111 cm³/mol. The molecule has 1 amide bonds. The summed E-state index contributed by atoms with van der Waals surface area (Å²) in [5.74, 6) is -0.719. The van der Waals surface area contributed by atoms with Gasteiger partial charge in [0, 0.05) is 31.0 Å². The Morgan fingerprint density at radius 3 is 2.31 bits per heavy atom. The maximum absolute atomic E-state index is 12.8. The minimum atomic E-state index is -4.56. The largest absolute Gasteiger partial charge is 0.416 e. The lowest BCUT2D eigenvalue weighted by atomic mass is 9.87. The number of aliphatic hydroxyl groups excluding tert-OH is 1. The molecule has 1 saturated heterocycles. The third-order valence-electron chi connectivity index (χ3n) is 5.57. The van der Waals surface area contributed by atoms with Crippen molar-refractivity contribution in [2.24, 2.45) is 5.41 Å². The van der Waals surface area contributed by atoms with Gasteiger partial charge in [0.15, 0.2) is 0 Å². The van der Waals surface area contributed by atoms with Crippen molar-refractivity contribution in [1.82, 2.24) is 14.9 Å². The van der Waals surface area contributed by atoms with E-state index >= 15 is 0 Å². The molecule has 192 valence electrons. The Kier molecular flexibility index (Phi) is 7.90. The van der Waals surface area contributed by atoms with Gasteiger partial charge < -0.3 is 15.2 Å². The van der Waals surface area contributed by atoms with Gasteiger partial charge in [-0.3, -0.25) is 14.2 Å². The molecule has 13 heteroatoms. The molecule has 7 nitrogen and oxygen atoms in total. The van der Waals surface area contributed by atoms with Crippen molar-refractivity contribution in [3.8, 4) is 11.3 Å². The summed E-state index contributed by atoms with van der Waals surface area (Å²) in [5.41, 5.74) is -2.13. The van der Waals surface area contributed by atoms with Crippen molar-refractivity contribution in [1.29, 1.82) is 0 Å². The van der Waals surface area contributed by atoms with Crippen LogP contribution in [0, 0.1) is 5.41 Å². The molecule has 0 bridgehead atoms. The average molecular weight is 507 g/mol. The molecule has 0 aliphatic carbocycles. The van der Waals surface area contributed by atoms with Crippen LogP contribution in [-0.2, 0) is 28.7 Å². The zero-order valence-electron chi connectivity index (χ0n) is 18.4. The third-order valence-corrected chi connectivity index (χ3v) is 5.57. The molecule has 2 aromatic rings. The molecule has 1 aromatic heterocycles. The van der Waals surface area contributed by atoms with E-state index in [0.717, 1.165) is 34.9 Å². The van der Waals surface area contributed by atoms with E-state index in [1.807, 2.05) is 0 Å². The Balaban J connectivity index is 1.84. The third kappa shape index (κ3) is 7.04. The van der Waals surface area contributed by atoms with E-state index in [9.17, 15) is 41.0 Å². The zero-order chi connectivity index (χ0) is 25.9. The van der Waals surface area contributed by atoms with Crippen LogP contribution in [0.4, 0.5) is 26.3 Å². The summed E-state index contributed by atoms with van der Waals surface area (Å²) in [6.45, 7) is -0.175. The van der Waals surface area contributed by atoms with Crippen molar-refractivity contribution < 1.29 is 41.0 Å². The molecule has 0 radical (unpaired) electrons. The maximum Gasteiger partial charge on any atom is 0.416 e. The molecular weight excluding hydrogens is 484 g/mol. The van der Waals surface area contributed by atoms with Gasteiger partial charge in [0.1, 0.15) is 12.4 Å². The molecule has 0 spiro atoms. The van der Waals surface area contributed by atoms with Crippen LogP contribution in [-0.4, -0.2) is 53.1 Å². The van der Waals surface area contributed by atoms with Crippen molar-refractivity contribution in [2.75, 3.05) is 26.4 Å².